The Bertz CT molecular complexity index is 1150. The molecule has 0 rings (SSSR count). The number of aldehydes is 1. The largest absolute Gasteiger partial charge is 0.481 e. The van der Waals surface area contributed by atoms with Crippen molar-refractivity contribution in [1.82, 2.24) is 26.6 Å². The highest BCUT2D eigenvalue weighted by atomic mass is 16.5. The van der Waals surface area contributed by atoms with Crippen LogP contribution in [0.5, 0.6) is 0 Å². The van der Waals surface area contributed by atoms with Crippen molar-refractivity contribution in [1.29, 1.82) is 0 Å². The van der Waals surface area contributed by atoms with Gasteiger partial charge in [-0.2, -0.15) is 0 Å². The second kappa shape index (κ2) is 42.0. The predicted molar refractivity (Wildman–Crippen MR) is 225 cm³/mol. The standard InChI is InChI=1S/C42H77N5O13/c1-43-35(32-48)18-16-17-23-44-39(51)33-59-30-29-58-27-25-46-40(52)34-60-31-28-57-26-24-45-37(49)22-21-36(42(55)56)47-38(50)19-14-12-10-8-6-4-2-3-5-7-9-11-13-15-20-41(53)54/h32,35-36,43H,2-31,33-34H2,1H3,(H,44,51)(H,45,49)(H,46,52)(H,47,50)(H,53,54)(H,55,56)/t35-,36?/m0/s1. The summed E-state index contributed by atoms with van der Waals surface area (Å²) in [6.45, 7) is 2.12. The molecule has 0 saturated heterocycles. The summed E-state index contributed by atoms with van der Waals surface area (Å²) in [5.74, 6) is -3.12. The molecule has 0 heterocycles. The van der Waals surface area contributed by atoms with E-state index in [0.29, 0.717) is 13.0 Å². The van der Waals surface area contributed by atoms with Crippen LogP contribution in [0.1, 0.15) is 135 Å². The molecule has 0 radical (unpaired) electrons. The number of hydrogen-bond donors (Lipinski definition) is 7. The number of likely N-dealkylation sites (N-methyl/N-ethyl adjacent to an activating group) is 1. The Balaban J connectivity index is 3.65. The highest BCUT2D eigenvalue weighted by molar-refractivity contribution is 5.84. The Morgan fingerprint density at radius 2 is 0.933 bits per heavy atom. The summed E-state index contributed by atoms with van der Waals surface area (Å²) in [4.78, 5) is 81.1. The topological polar surface area (TPSA) is 257 Å². The molecule has 18 nitrogen and oxygen atoms in total. The lowest BCUT2D eigenvalue weighted by Crippen LogP contribution is -2.41. The number of aliphatic carboxylic acids is 2. The highest BCUT2D eigenvalue weighted by Crippen LogP contribution is 2.14. The third-order valence-electron chi connectivity index (χ3n) is 9.48. The fourth-order valence-electron chi connectivity index (χ4n) is 5.97. The number of carbonyl (C=O) groups excluding carboxylic acids is 5. The van der Waals surface area contributed by atoms with Gasteiger partial charge in [-0.25, -0.2) is 4.79 Å². The minimum Gasteiger partial charge on any atom is -0.481 e. The smallest absolute Gasteiger partial charge is 0.326 e. The summed E-state index contributed by atoms with van der Waals surface area (Å²) < 4.78 is 21.3. The molecular formula is C42H77N5O13. The SMILES string of the molecule is CN[C@H](C=O)CCCCNC(=O)COCCOCCNC(=O)COCCOCCNC(=O)CCC(NC(=O)CCCCCCCCCCCCCCCCC(=O)O)C(=O)O. The number of carbonyl (C=O) groups is 7. The molecule has 2 atom stereocenters. The van der Waals surface area contributed by atoms with Crippen LogP contribution in [0.4, 0.5) is 0 Å². The predicted octanol–water partition coefficient (Wildman–Crippen LogP) is 3.03. The van der Waals surface area contributed by atoms with Gasteiger partial charge in [0.1, 0.15) is 25.5 Å². The van der Waals surface area contributed by atoms with Gasteiger partial charge in [-0.05, 0) is 45.6 Å². The van der Waals surface area contributed by atoms with Crippen molar-refractivity contribution in [3.63, 3.8) is 0 Å². The van der Waals surface area contributed by atoms with Crippen LogP contribution >= 0.6 is 0 Å². The molecule has 1 unspecified atom stereocenters. The van der Waals surface area contributed by atoms with E-state index in [1.54, 1.807) is 7.05 Å². The molecule has 0 spiro atoms. The maximum absolute atomic E-state index is 12.3. The summed E-state index contributed by atoms with van der Waals surface area (Å²) in [7, 11) is 1.73. The third kappa shape index (κ3) is 39.7. The molecular weight excluding hydrogens is 782 g/mol. The summed E-state index contributed by atoms with van der Waals surface area (Å²) >= 11 is 0. The molecule has 0 fully saturated rings. The lowest BCUT2D eigenvalue weighted by molar-refractivity contribution is -0.142. The van der Waals surface area contributed by atoms with E-state index in [1.807, 2.05) is 0 Å². The van der Waals surface area contributed by atoms with E-state index in [9.17, 15) is 38.7 Å². The van der Waals surface area contributed by atoms with Crippen molar-refractivity contribution in [3.8, 4) is 0 Å². The van der Waals surface area contributed by atoms with Gasteiger partial charge >= 0.3 is 11.9 Å². The lowest BCUT2D eigenvalue weighted by Gasteiger charge is -2.14. The maximum atomic E-state index is 12.3. The number of nitrogens with one attached hydrogen (secondary N) is 5. The first-order chi connectivity index (χ1) is 29.1. The summed E-state index contributed by atoms with van der Waals surface area (Å²) in [5, 5.41) is 31.7. The lowest BCUT2D eigenvalue weighted by atomic mass is 10.0. The van der Waals surface area contributed by atoms with Gasteiger partial charge < -0.3 is 60.5 Å². The van der Waals surface area contributed by atoms with Gasteiger partial charge in [-0.15, -0.1) is 0 Å². The molecule has 0 saturated carbocycles. The van der Waals surface area contributed by atoms with Gasteiger partial charge in [0.15, 0.2) is 0 Å². The first kappa shape index (κ1) is 56.3. The zero-order valence-electron chi connectivity index (χ0n) is 36.2. The van der Waals surface area contributed by atoms with Crippen LogP contribution in [0.2, 0.25) is 0 Å². The molecule has 0 aliphatic heterocycles. The maximum Gasteiger partial charge on any atom is 0.326 e. The number of amides is 4. The zero-order chi connectivity index (χ0) is 44.3. The molecule has 0 bridgehead atoms. The number of carboxylic acid groups (broad SMARTS) is 2. The van der Waals surface area contributed by atoms with Crippen LogP contribution in [0.15, 0.2) is 0 Å². The second-order valence-corrected chi connectivity index (χ2v) is 14.7. The van der Waals surface area contributed by atoms with Gasteiger partial charge in [0, 0.05) is 38.9 Å². The first-order valence-electron chi connectivity index (χ1n) is 22.1. The quantitative estimate of drug-likeness (QED) is 0.0343. The van der Waals surface area contributed by atoms with E-state index in [-0.39, 0.29) is 121 Å². The van der Waals surface area contributed by atoms with E-state index < -0.39 is 18.0 Å². The number of hydrogen-bond acceptors (Lipinski definition) is 12. The van der Waals surface area contributed by atoms with Crippen molar-refractivity contribution in [2.45, 2.75) is 147 Å². The molecule has 0 aliphatic rings. The number of ether oxygens (including phenoxy) is 4. The van der Waals surface area contributed by atoms with Crippen molar-refractivity contribution >= 4 is 41.9 Å². The van der Waals surface area contributed by atoms with Crippen LogP contribution in [0, 0.1) is 0 Å². The van der Waals surface area contributed by atoms with Crippen LogP contribution in [0.25, 0.3) is 0 Å². The fraction of sp³-hybridized carbons (Fsp3) is 0.833. The number of unbranched alkanes of at least 4 members (excludes halogenated alkanes) is 14. The van der Waals surface area contributed by atoms with E-state index in [2.05, 4.69) is 26.6 Å². The Hall–Kier alpha value is -3.71. The molecule has 0 aromatic heterocycles. The monoisotopic (exact) mass is 860 g/mol. The average Bonchev–Trinajstić information content (AvgIpc) is 3.22. The average molecular weight is 860 g/mol. The van der Waals surface area contributed by atoms with Crippen molar-refractivity contribution in [3.05, 3.63) is 0 Å². The Morgan fingerprint density at radius 1 is 0.483 bits per heavy atom. The van der Waals surface area contributed by atoms with E-state index >= 15 is 0 Å². The van der Waals surface area contributed by atoms with Gasteiger partial charge in [-0.3, -0.25) is 24.0 Å². The van der Waals surface area contributed by atoms with Gasteiger partial charge in [0.25, 0.3) is 0 Å². The van der Waals surface area contributed by atoms with Crippen molar-refractivity contribution < 1.29 is 62.7 Å². The van der Waals surface area contributed by atoms with E-state index in [0.717, 1.165) is 64.1 Å². The third-order valence-corrected chi connectivity index (χ3v) is 9.48. The van der Waals surface area contributed by atoms with E-state index in [4.69, 9.17) is 24.1 Å². The molecule has 0 aromatic carbocycles. The second-order valence-electron chi connectivity index (χ2n) is 14.7. The van der Waals surface area contributed by atoms with Crippen molar-refractivity contribution in [2.24, 2.45) is 0 Å². The first-order valence-corrected chi connectivity index (χ1v) is 22.1. The van der Waals surface area contributed by atoms with Gasteiger partial charge in [0.05, 0.1) is 45.7 Å². The Labute approximate surface area is 357 Å². The number of carboxylic acids is 2. The molecule has 348 valence electrons. The van der Waals surface area contributed by atoms with E-state index in [1.165, 1.54) is 44.9 Å². The molecule has 0 aliphatic carbocycles. The minimum absolute atomic E-state index is 0.0256. The normalized spacial score (nSPS) is 12.0. The highest BCUT2D eigenvalue weighted by Gasteiger charge is 2.20. The molecule has 4 amide bonds. The van der Waals surface area contributed by atoms with Crippen LogP contribution in [-0.4, -0.2) is 144 Å². The fourth-order valence-corrected chi connectivity index (χ4v) is 5.97. The summed E-state index contributed by atoms with van der Waals surface area (Å²) in [5.41, 5.74) is 0. The molecule has 18 heteroatoms. The van der Waals surface area contributed by atoms with Gasteiger partial charge in [-0.1, -0.05) is 77.0 Å². The van der Waals surface area contributed by atoms with Crippen LogP contribution < -0.4 is 26.6 Å². The number of rotatable bonds is 45. The van der Waals surface area contributed by atoms with Gasteiger partial charge in [0.2, 0.25) is 23.6 Å². The molecule has 0 aromatic rings. The zero-order valence-corrected chi connectivity index (χ0v) is 36.2. The summed E-state index contributed by atoms with van der Waals surface area (Å²) in [6, 6.07) is -1.30. The Morgan fingerprint density at radius 3 is 1.40 bits per heavy atom. The molecule has 7 N–H and O–H groups in total. The molecule has 60 heavy (non-hydrogen) atoms. The van der Waals surface area contributed by atoms with Crippen LogP contribution in [-0.2, 0) is 52.5 Å². The summed E-state index contributed by atoms with van der Waals surface area (Å²) in [6.07, 6.45) is 18.7. The van der Waals surface area contributed by atoms with Crippen molar-refractivity contribution in [2.75, 3.05) is 79.5 Å². The van der Waals surface area contributed by atoms with Crippen LogP contribution in [0.3, 0.4) is 0 Å². The Kier molecular flexibility index (Phi) is 39.4. The minimum atomic E-state index is -1.18.